The van der Waals surface area contributed by atoms with Gasteiger partial charge in [-0.2, -0.15) is 0 Å². The van der Waals surface area contributed by atoms with Gasteiger partial charge in [-0.25, -0.2) is 0 Å². The molecule has 98 valence electrons. The summed E-state index contributed by atoms with van der Waals surface area (Å²) in [6.07, 6.45) is 4.70. The van der Waals surface area contributed by atoms with Crippen molar-refractivity contribution in [1.82, 2.24) is 0 Å². The average Bonchev–Trinajstić information content (AvgIpc) is 2.76. The maximum Gasteiger partial charge on any atom is 0.292 e. The van der Waals surface area contributed by atoms with Gasteiger partial charge in [0, 0.05) is 12.1 Å². The summed E-state index contributed by atoms with van der Waals surface area (Å²) < 4.78 is 0. The largest absolute Gasteiger partial charge is 0.376 e. The number of nitro benzene ring substituents is 1. The van der Waals surface area contributed by atoms with E-state index >= 15 is 0 Å². The predicted octanol–water partition coefficient (Wildman–Crippen LogP) is 3.89. The zero-order valence-electron chi connectivity index (χ0n) is 11.0. The van der Waals surface area contributed by atoms with E-state index in [1.165, 1.54) is 12.8 Å². The van der Waals surface area contributed by atoms with Crippen LogP contribution in [0.25, 0.3) is 0 Å². The van der Waals surface area contributed by atoms with Gasteiger partial charge in [0.05, 0.1) is 4.92 Å². The van der Waals surface area contributed by atoms with E-state index < -0.39 is 0 Å². The first-order valence-electron chi connectivity index (χ1n) is 6.63. The van der Waals surface area contributed by atoms with Crippen LogP contribution in [0.2, 0.25) is 0 Å². The summed E-state index contributed by atoms with van der Waals surface area (Å²) in [5.41, 5.74) is 1.90. The zero-order valence-corrected chi connectivity index (χ0v) is 11.0. The molecule has 0 aromatic heterocycles. The maximum atomic E-state index is 11.0. The molecule has 1 aromatic carbocycles. The number of rotatable bonds is 4. The highest BCUT2D eigenvalue weighted by Crippen LogP contribution is 2.33. The topological polar surface area (TPSA) is 55.2 Å². The van der Waals surface area contributed by atoms with Crippen LogP contribution >= 0.6 is 0 Å². The van der Waals surface area contributed by atoms with Crippen LogP contribution in [-0.2, 0) is 0 Å². The zero-order chi connectivity index (χ0) is 13.1. The average molecular weight is 248 g/mol. The van der Waals surface area contributed by atoms with Crippen molar-refractivity contribution >= 4 is 11.4 Å². The standard InChI is InChI=1S/C14H20N2O2/c1-3-11-5-4-6-12(11)15-13-9-10(2)7-8-14(13)16(17)18/h7-9,11-12,15H,3-6H2,1-2H3. The highest BCUT2D eigenvalue weighted by atomic mass is 16.6. The van der Waals surface area contributed by atoms with Gasteiger partial charge in [0.25, 0.3) is 5.69 Å². The second-order valence-electron chi connectivity index (χ2n) is 5.13. The predicted molar refractivity (Wildman–Crippen MR) is 72.9 cm³/mol. The molecule has 0 heterocycles. The van der Waals surface area contributed by atoms with Crippen molar-refractivity contribution in [3.8, 4) is 0 Å². The molecule has 4 nitrogen and oxygen atoms in total. The molecule has 18 heavy (non-hydrogen) atoms. The summed E-state index contributed by atoms with van der Waals surface area (Å²) in [6, 6.07) is 5.64. The van der Waals surface area contributed by atoms with Crippen molar-refractivity contribution < 1.29 is 4.92 Å². The third-order valence-electron chi connectivity index (χ3n) is 3.87. The summed E-state index contributed by atoms with van der Waals surface area (Å²) in [7, 11) is 0. The summed E-state index contributed by atoms with van der Waals surface area (Å²) in [6.45, 7) is 4.15. The van der Waals surface area contributed by atoms with Crippen LogP contribution in [-0.4, -0.2) is 11.0 Å². The monoisotopic (exact) mass is 248 g/mol. The fraction of sp³-hybridized carbons (Fsp3) is 0.571. The van der Waals surface area contributed by atoms with Crippen molar-refractivity contribution in [3.63, 3.8) is 0 Å². The molecule has 2 atom stereocenters. The fourth-order valence-corrected chi connectivity index (χ4v) is 2.84. The normalized spacial score (nSPS) is 23.0. The number of anilines is 1. The van der Waals surface area contributed by atoms with E-state index in [1.54, 1.807) is 12.1 Å². The lowest BCUT2D eigenvalue weighted by Gasteiger charge is -2.20. The van der Waals surface area contributed by atoms with Crippen molar-refractivity contribution in [2.75, 3.05) is 5.32 Å². The van der Waals surface area contributed by atoms with Gasteiger partial charge in [-0.3, -0.25) is 10.1 Å². The van der Waals surface area contributed by atoms with Crippen LogP contribution in [0.1, 0.15) is 38.2 Å². The van der Waals surface area contributed by atoms with Gasteiger partial charge in [-0.1, -0.05) is 25.8 Å². The second-order valence-corrected chi connectivity index (χ2v) is 5.13. The fourth-order valence-electron chi connectivity index (χ4n) is 2.84. The smallest absolute Gasteiger partial charge is 0.292 e. The molecule has 1 aliphatic carbocycles. The van der Waals surface area contributed by atoms with Crippen LogP contribution in [0.3, 0.4) is 0 Å². The quantitative estimate of drug-likeness (QED) is 0.649. The molecule has 0 aliphatic heterocycles. The van der Waals surface area contributed by atoms with E-state index in [4.69, 9.17) is 0 Å². The number of aryl methyl sites for hydroxylation is 1. The summed E-state index contributed by atoms with van der Waals surface area (Å²) in [5.74, 6) is 0.644. The van der Waals surface area contributed by atoms with Gasteiger partial charge < -0.3 is 5.32 Å². The van der Waals surface area contributed by atoms with E-state index in [1.807, 2.05) is 13.0 Å². The minimum Gasteiger partial charge on any atom is -0.376 e. The van der Waals surface area contributed by atoms with E-state index in [9.17, 15) is 10.1 Å². The molecular formula is C14H20N2O2. The Bertz CT molecular complexity index is 445. The first kappa shape index (κ1) is 12.9. The third-order valence-corrected chi connectivity index (χ3v) is 3.87. The molecule has 0 saturated heterocycles. The van der Waals surface area contributed by atoms with Crippen LogP contribution in [0.4, 0.5) is 11.4 Å². The summed E-state index contributed by atoms with van der Waals surface area (Å²) in [5, 5.41) is 14.4. The Hall–Kier alpha value is -1.58. The number of nitro groups is 1. The maximum absolute atomic E-state index is 11.0. The first-order valence-corrected chi connectivity index (χ1v) is 6.63. The molecule has 0 radical (unpaired) electrons. The van der Waals surface area contributed by atoms with E-state index in [0.29, 0.717) is 17.6 Å². The van der Waals surface area contributed by atoms with Crippen molar-refractivity contribution in [3.05, 3.63) is 33.9 Å². The lowest BCUT2D eigenvalue weighted by molar-refractivity contribution is -0.384. The molecule has 1 fully saturated rings. The molecule has 1 aromatic rings. The molecule has 2 rings (SSSR count). The SMILES string of the molecule is CCC1CCCC1Nc1cc(C)ccc1[N+](=O)[O-]. The Morgan fingerprint density at radius 2 is 2.22 bits per heavy atom. The van der Waals surface area contributed by atoms with E-state index in [2.05, 4.69) is 12.2 Å². The minimum atomic E-state index is -0.308. The van der Waals surface area contributed by atoms with E-state index in [-0.39, 0.29) is 10.6 Å². The van der Waals surface area contributed by atoms with Crippen molar-refractivity contribution in [2.24, 2.45) is 5.92 Å². The van der Waals surface area contributed by atoms with Gasteiger partial charge in [-0.05, 0) is 37.3 Å². The Morgan fingerprint density at radius 3 is 2.89 bits per heavy atom. The van der Waals surface area contributed by atoms with Crippen LogP contribution < -0.4 is 5.32 Å². The van der Waals surface area contributed by atoms with Gasteiger partial charge in [0.2, 0.25) is 0 Å². The highest BCUT2D eigenvalue weighted by molar-refractivity contribution is 5.63. The molecule has 2 unspecified atom stereocenters. The van der Waals surface area contributed by atoms with Crippen LogP contribution in [0.5, 0.6) is 0 Å². The van der Waals surface area contributed by atoms with Crippen LogP contribution in [0.15, 0.2) is 18.2 Å². The lowest BCUT2D eigenvalue weighted by atomic mass is 10.00. The minimum absolute atomic E-state index is 0.183. The second kappa shape index (κ2) is 5.38. The van der Waals surface area contributed by atoms with Gasteiger partial charge in [0.1, 0.15) is 5.69 Å². The van der Waals surface area contributed by atoms with Crippen molar-refractivity contribution in [1.29, 1.82) is 0 Å². The highest BCUT2D eigenvalue weighted by Gasteiger charge is 2.27. The molecule has 1 aliphatic rings. The molecular weight excluding hydrogens is 228 g/mol. The number of nitrogens with zero attached hydrogens (tertiary/aromatic N) is 1. The number of hydrogen-bond acceptors (Lipinski definition) is 3. The van der Waals surface area contributed by atoms with Gasteiger partial charge >= 0.3 is 0 Å². The molecule has 0 bridgehead atoms. The Balaban J connectivity index is 2.22. The lowest BCUT2D eigenvalue weighted by Crippen LogP contribution is -2.23. The molecule has 0 amide bonds. The summed E-state index contributed by atoms with van der Waals surface area (Å²) in [4.78, 5) is 10.7. The Labute approximate surface area is 108 Å². The van der Waals surface area contributed by atoms with Gasteiger partial charge in [-0.15, -0.1) is 0 Å². The van der Waals surface area contributed by atoms with Gasteiger partial charge in [0.15, 0.2) is 0 Å². The molecule has 1 N–H and O–H groups in total. The molecule has 1 saturated carbocycles. The molecule has 0 spiro atoms. The Morgan fingerprint density at radius 1 is 1.44 bits per heavy atom. The van der Waals surface area contributed by atoms with Crippen molar-refractivity contribution in [2.45, 2.75) is 45.6 Å². The van der Waals surface area contributed by atoms with Crippen LogP contribution in [0, 0.1) is 23.0 Å². The number of benzene rings is 1. The number of hydrogen-bond donors (Lipinski definition) is 1. The number of nitrogens with one attached hydrogen (secondary N) is 1. The molecule has 4 heteroatoms. The summed E-state index contributed by atoms with van der Waals surface area (Å²) >= 11 is 0. The third kappa shape index (κ3) is 2.63. The Kier molecular flexibility index (Phi) is 3.84. The van der Waals surface area contributed by atoms with E-state index in [0.717, 1.165) is 18.4 Å². The first-order chi connectivity index (χ1) is 8.61.